The number of aliphatic imine (C=N–C) groups is 1. The van der Waals surface area contributed by atoms with Gasteiger partial charge in [-0.25, -0.2) is 0 Å². The number of hydrogen-bond acceptors (Lipinski definition) is 3. The summed E-state index contributed by atoms with van der Waals surface area (Å²) in [5.74, 6) is 0.932. The van der Waals surface area contributed by atoms with Gasteiger partial charge in [-0.05, 0) is 45.0 Å². The van der Waals surface area contributed by atoms with E-state index in [2.05, 4.69) is 69.7 Å². The first-order chi connectivity index (χ1) is 12.2. The fourth-order valence-electron chi connectivity index (χ4n) is 3.21. The maximum absolute atomic E-state index is 4.38. The fourth-order valence-corrected chi connectivity index (χ4v) is 3.21. The number of halogens is 1. The number of unbranched alkanes of at least 4 members (excludes halogenated alkanes) is 1. The molecule has 5 nitrogen and oxygen atoms in total. The van der Waals surface area contributed by atoms with Crippen molar-refractivity contribution in [2.24, 2.45) is 4.99 Å². The van der Waals surface area contributed by atoms with Gasteiger partial charge in [0.1, 0.15) is 0 Å². The van der Waals surface area contributed by atoms with Gasteiger partial charge in [0.25, 0.3) is 0 Å². The maximum atomic E-state index is 4.38. The Hall–Kier alpha value is -1.02. The molecule has 0 saturated carbocycles. The summed E-state index contributed by atoms with van der Waals surface area (Å²) in [4.78, 5) is 9.23. The van der Waals surface area contributed by atoms with Gasteiger partial charge in [0.2, 0.25) is 0 Å². The molecular formula is C20H36IN5. The van der Waals surface area contributed by atoms with Crippen LogP contribution >= 0.6 is 24.0 Å². The molecule has 2 rings (SSSR count). The van der Waals surface area contributed by atoms with Gasteiger partial charge in [-0.2, -0.15) is 0 Å². The van der Waals surface area contributed by atoms with Crippen LogP contribution in [0.3, 0.4) is 0 Å². The molecule has 26 heavy (non-hydrogen) atoms. The van der Waals surface area contributed by atoms with Crippen molar-refractivity contribution in [2.75, 3.05) is 51.7 Å². The highest BCUT2D eigenvalue weighted by Crippen LogP contribution is 2.19. The average Bonchev–Trinajstić information content (AvgIpc) is 2.66. The number of rotatable bonds is 8. The van der Waals surface area contributed by atoms with Gasteiger partial charge in [0.15, 0.2) is 5.96 Å². The van der Waals surface area contributed by atoms with E-state index in [1.807, 2.05) is 7.05 Å². The number of nitrogens with zero attached hydrogens (tertiary/aromatic N) is 3. The largest absolute Gasteiger partial charge is 0.371 e. The normalized spacial score (nSPS) is 15.7. The lowest BCUT2D eigenvalue weighted by Gasteiger charge is -2.34. The minimum Gasteiger partial charge on any atom is -0.371 e. The topological polar surface area (TPSA) is 42.9 Å². The summed E-state index contributed by atoms with van der Waals surface area (Å²) in [6.07, 6.45) is 4.81. The van der Waals surface area contributed by atoms with Crippen LogP contribution in [0.4, 0.5) is 5.69 Å². The number of nitrogens with one attached hydrogen (secondary N) is 2. The molecule has 1 aromatic carbocycles. The second-order valence-electron chi connectivity index (χ2n) is 6.90. The molecule has 0 radical (unpaired) electrons. The number of piperidine rings is 1. The Kier molecular flexibility index (Phi) is 11.7. The van der Waals surface area contributed by atoms with Crippen LogP contribution in [0.1, 0.15) is 32.6 Å². The van der Waals surface area contributed by atoms with Gasteiger partial charge in [-0.15, -0.1) is 24.0 Å². The molecular weight excluding hydrogens is 437 g/mol. The lowest BCUT2D eigenvalue weighted by Crippen LogP contribution is -2.49. The zero-order valence-corrected chi connectivity index (χ0v) is 18.9. The van der Waals surface area contributed by atoms with Crippen molar-refractivity contribution in [3.8, 4) is 0 Å². The summed E-state index contributed by atoms with van der Waals surface area (Å²) in [7, 11) is 4.04. The van der Waals surface area contributed by atoms with Crippen molar-refractivity contribution in [3.05, 3.63) is 30.3 Å². The van der Waals surface area contributed by atoms with Gasteiger partial charge in [-0.3, -0.25) is 4.99 Å². The molecule has 1 aliphatic heterocycles. The summed E-state index contributed by atoms with van der Waals surface area (Å²) in [5, 5.41) is 7.04. The summed E-state index contributed by atoms with van der Waals surface area (Å²) in [5.41, 5.74) is 1.33. The van der Waals surface area contributed by atoms with Crippen LogP contribution in [0.2, 0.25) is 0 Å². The van der Waals surface area contributed by atoms with E-state index in [0.29, 0.717) is 6.04 Å². The van der Waals surface area contributed by atoms with Crippen molar-refractivity contribution in [3.63, 3.8) is 0 Å². The molecule has 0 bridgehead atoms. The van der Waals surface area contributed by atoms with Crippen LogP contribution in [0.5, 0.6) is 0 Å². The lowest BCUT2D eigenvalue weighted by atomic mass is 10.0. The Morgan fingerprint density at radius 1 is 1.19 bits per heavy atom. The third-order valence-electron chi connectivity index (χ3n) is 4.86. The van der Waals surface area contributed by atoms with E-state index in [1.165, 1.54) is 25.1 Å². The van der Waals surface area contributed by atoms with E-state index < -0.39 is 0 Å². The first-order valence-electron chi connectivity index (χ1n) is 9.68. The number of benzene rings is 1. The minimum atomic E-state index is 0. The fraction of sp³-hybridized carbons (Fsp3) is 0.650. The van der Waals surface area contributed by atoms with Gasteiger partial charge in [0, 0.05) is 45.0 Å². The number of likely N-dealkylation sites (N-methyl/N-ethyl adjacent to an activating group) is 1. The monoisotopic (exact) mass is 473 g/mol. The van der Waals surface area contributed by atoms with Crippen LogP contribution in [0.25, 0.3) is 0 Å². The number of anilines is 1. The molecule has 0 unspecified atom stereocenters. The first kappa shape index (κ1) is 23.0. The van der Waals surface area contributed by atoms with Crippen molar-refractivity contribution < 1.29 is 0 Å². The Morgan fingerprint density at radius 3 is 2.50 bits per heavy atom. The van der Waals surface area contributed by atoms with Gasteiger partial charge < -0.3 is 20.4 Å². The molecule has 0 aromatic heterocycles. The van der Waals surface area contributed by atoms with Crippen LogP contribution in [-0.2, 0) is 0 Å². The maximum Gasteiger partial charge on any atom is 0.191 e. The van der Waals surface area contributed by atoms with E-state index in [4.69, 9.17) is 0 Å². The van der Waals surface area contributed by atoms with E-state index in [-0.39, 0.29) is 24.0 Å². The van der Waals surface area contributed by atoms with Gasteiger partial charge in [0.05, 0.1) is 0 Å². The third kappa shape index (κ3) is 8.12. The Balaban J connectivity index is 0.00000338. The summed E-state index contributed by atoms with van der Waals surface area (Å²) < 4.78 is 0. The lowest BCUT2D eigenvalue weighted by molar-refractivity contribution is 0.331. The third-order valence-corrected chi connectivity index (χ3v) is 4.86. The summed E-state index contributed by atoms with van der Waals surface area (Å²) >= 11 is 0. The van der Waals surface area contributed by atoms with Gasteiger partial charge >= 0.3 is 0 Å². The van der Waals surface area contributed by atoms with Crippen LogP contribution in [-0.4, -0.2) is 63.7 Å². The minimum absolute atomic E-state index is 0. The summed E-state index contributed by atoms with van der Waals surface area (Å²) in [6, 6.07) is 11.2. The Morgan fingerprint density at radius 2 is 1.88 bits per heavy atom. The molecule has 1 fully saturated rings. The molecule has 148 valence electrons. The average molecular weight is 473 g/mol. The van der Waals surface area contributed by atoms with Crippen LogP contribution in [0, 0.1) is 0 Å². The van der Waals surface area contributed by atoms with Crippen molar-refractivity contribution in [2.45, 2.75) is 38.6 Å². The molecule has 0 atom stereocenters. The predicted octanol–water partition coefficient (Wildman–Crippen LogP) is 3.17. The number of guanidine groups is 1. The van der Waals surface area contributed by atoms with E-state index in [9.17, 15) is 0 Å². The molecule has 1 saturated heterocycles. The molecule has 0 aliphatic carbocycles. The standard InChI is InChI=1S/C20H35N5.HI/c1-4-5-14-24(3)17-13-22-20(21-2)23-18-11-15-25(16-12-18)19-9-7-6-8-10-19;/h6-10,18H,4-5,11-17H2,1-3H3,(H2,21,22,23);1H. The van der Waals surface area contributed by atoms with Crippen LogP contribution < -0.4 is 15.5 Å². The summed E-state index contributed by atoms with van der Waals surface area (Å²) in [6.45, 7) is 7.58. The number of para-hydroxylation sites is 1. The first-order valence-corrected chi connectivity index (χ1v) is 9.68. The van der Waals surface area contributed by atoms with Crippen molar-refractivity contribution in [1.82, 2.24) is 15.5 Å². The van der Waals surface area contributed by atoms with E-state index in [0.717, 1.165) is 45.0 Å². The Bertz CT molecular complexity index is 500. The van der Waals surface area contributed by atoms with E-state index >= 15 is 0 Å². The molecule has 1 heterocycles. The van der Waals surface area contributed by atoms with Crippen molar-refractivity contribution >= 4 is 35.6 Å². The molecule has 2 N–H and O–H groups in total. The van der Waals surface area contributed by atoms with Crippen molar-refractivity contribution in [1.29, 1.82) is 0 Å². The van der Waals surface area contributed by atoms with Crippen LogP contribution in [0.15, 0.2) is 35.3 Å². The molecule has 6 heteroatoms. The SMILES string of the molecule is CCCCN(C)CCNC(=NC)NC1CCN(c2ccccc2)CC1.I. The molecule has 1 aliphatic rings. The highest BCUT2D eigenvalue weighted by Gasteiger charge is 2.20. The smallest absolute Gasteiger partial charge is 0.191 e. The number of hydrogen-bond donors (Lipinski definition) is 2. The molecule has 0 spiro atoms. The quantitative estimate of drug-likeness (QED) is 0.346. The zero-order valence-electron chi connectivity index (χ0n) is 16.6. The predicted molar refractivity (Wildman–Crippen MR) is 124 cm³/mol. The second-order valence-corrected chi connectivity index (χ2v) is 6.90. The Labute approximate surface area is 176 Å². The zero-order chi connectivity index (χ0) is 17.9. The molecule has 0 amide bonds. The second kappa shape index (κ2) is 13.2. The molecule has 1 aromatic rings. The highest BCUT2D eigenvalue weighted by molar-refractivity contribution is 14.0. The van der Waals surface area contributed by atoms with Gasteiger partial charge in [-0.1, -0.05) is 31.5 Å². The highest BCUT2D eigenvalue weighted by atomic mass is 127. The van der Waals surface area contributed by atoms with E-state index in [1.54, 1.807) is 0 Å².